The summed E-state index contributed by atoms with van der Waals surface area (Å²) in [6, 6.07) is 0. The van der Waals surface area contributed by atoms with Crippen LogP contribution in [0.1, 0.15) is 6.42 Å². The second-order valence-corrected chi connectivity index (χ2v) is 2.88. The number of nitrogens with one attached hydrogen (secondary N) is 1. The Labute approximate surface area is 66.0 Å². The van der Waals surface area contributed by atoms with Crippen LogP contribution in [0, 0.1) is 0 Å². The van der Waals surface area contributed by atoms with Gasteiger partial charge in [0.2, 0.25) is 0 Å². The minimum absolute atomic E-state index is 0.0338. The van der Waals surface area contributed by atoms with Crippen LogP contribution in [0.25, 0.3) is 0 Å². The molecule has 0 aliphatic heterocycles. The van der Waals surface area contributed by atoms with E-state index in [-0.39, 0.29) is 6.73 Å². The van der Waals surface area contributed by atoms with Crippen LogP contribution in [0.2, 0.25) is 0 Å². The maximum Gasteiger partial charge on any atom is 0.0931 e. The Morgan fingerprint density at radius 1 is 1.70 bits per heavy atom. The highest BCUT2D eigenvalue weighted by atomic mass is 32.2. The summed E-state index contributed by atoms with van der Waals surface area (Å²) in [6.45, 7) is 8.16. The van der Waals surface area contributed by atoms with Gasteiger partial charge in [-0.05, 0) is 16.7 Å². The molecule has 0 aromatic rings. The predicted molar refractivity (Wildman–Crippen MR) is 46.6 cm³/mol. The maximum absolute atomic E-state index is 8.34. The van der Waals surface area contributed by atoms with Gasteiger partial charge in [-0.2, -0.15) is 0 Å². The van der Waals surface area contributed by atoms with E-state index in [0.29, 0.717) is 0 Å². The van der Waals surface area contributed by atoms with Crippen molar-refractivity contribution in [1.82, 2.24) is 5.32 Å². The fourth-order valence-electron chi connectivity index (χ4n) is 0.484. The minimum Gasteiger partial charge on any atom is -0.381 e. The summed E-state index contributed by atoms with van der Waals surface area (Å²) in [6.07, 6.45) is 0.872. The van der Waals surface area contributed by atoms with Crippen LogP contribution in [0.4, 0.5) is 0 Å². The van der Waals surface area contributed by atoms with Crippen molar-refractivity contribution in [2.45, 2.75) is 6.42 Å². The lowest BCUT2D eigenvalue weighted by Crippen LogP contribution is -2.15. The molecular formula is C7H13NOS. The summed E-state index contributed by atoms with van der Waals surface area (Å²) in [7, 11) is 0. The van der Waals surface area contributed by atoms with Gasteiger partial charge in [-0.3, -0.25) is 5.32 Å². The Hall–Kier alpha value is -0.250. The minimum atomic E-state index is 0.0338. The molecule has 0 radical (unpaired) electrons. The molecule has 0 unspecified atom stereocenters. The van der Waals surface area contributed by atoms with Crippen LogP contribution in [-0.4, -0.2) is 18.4 Å². The highest BCUT2D eigenvalue weighted by Gasteiger charge is 1.90. The molecule has 0 heterocycles. The van der Waals surface area contributed by atoms with Gasteiger partial charge in [-0.1, -0.05) is 13.2 Å². The quantitative estimate of drug-likeness (QED) is 0.452. The predicted octanol–water partition coefficient (Wildman–Crippen LogP) is 1.31. The second-order valence-electron chi connectivity index (χ2n) is 1.73. The number of rotatable bonds is 6. The molecule has 0 bridgehead atoms. The van der Waals surface area contributed by atoms with Gasteiger partial charge in [0, 0.05) is 6.54 Å². The largest absolute Gasteiger partial charge is 0.381 e. The molecule has 0 aromatic heterocycles. The van der Waals surface area contributed by atoms with E-state index >= 15 is 0 Å². The van der Waals surface area contributed by atoms with Crippen LogP contribution in [0.15, 0.2) is 23.5 Å². The average Bonchev–Trinajstić information content (AvgIpc) is 1.89. The third kappa shape index (κ3) is 5.88. The van der Waals surface area contributed by atoms with E-state index in [1.165, 1.54) is 11.8 Å². The lowest BCUT2D eigenvalue weighted by Gasteiger charge is -2.00. The molecule has 0 rings (SSSR count). The van der Waals surface area contributed by atoms with Crippen molar-refractivity contribution in [1.29, 1.82) is 0 Å². The number of thioether (sulfide) groups is 1. The topological polar surface area (TPSA) is 32.3 Å². The summed E-state index contributed by atoms with van der Waals surface area (Å²) < 4.78 is 0. The first-order chi connectivity index (χ1) is 4.81. The monoisotopic (exact) mass is 159 g/mol. The zero-order chi connectivity index (χ0) is 7.82. The van der Waals surface area contributed by atoms with E-state index in [2.05, 4.69) is 18.5 Å². The molecule has 0 fully saturated rings. The van der Waals surface area contributed by atoms with Crippen molar-refractivity contribution in [2.75, 3.05) is 13.3 Å². The molecule has 0 aliphatic carbocycles. The second kappa shape index (κ2) is 6.86. The zero-order valence-corrected chi connectivity index (χ0v) is 6.78. The molecule has 0 aromatic carbocycles. The first kappa shape index (κ1) is 9.75. The van der Waals surface area contributed by atoms with E-state index in [0.717, 1.165) is 17.9 Å². The zero-order valence-electron chi connectivity index (χ0n) is 5.97. The van der Waals surface area contributed by atoms with E-state index in [9.17, 15) is 0 Å². The van der Waals surface area contributed by atoms with Gasteiger partial charge in [0.25, 0.3) is 0 Å². The molecular weight excluding hydrogens is 146 g/mol. The van der Waals surface area contributed by atoms with Crippen molar-refractivity contribution in [3.8, 4) is 0 Å². The van der Waals surface area contributed by atoms with Crippen LogP contribution in [-0.2, 0) is 0 Å². The van der Waals surface area contributed by atoms with Gasteiger partial charge in [0.1, 0.15) is 0 Å². The van der Waals surface area contributed by atoms with Gasteiger partial charge in [0.15, 0.2) is 0 Å². The van der Waals surface area contributed by atoms with Gasteiger partial charge < -0.3 is 5.11 Å². The van der Waals surface area contributed by atoms with E-state index in [1.807, 2.05) is 0 Å². The van der Waals surface area contributed by atoms with Crippen LogP contribution in [0.3, 0.4) is 0 Å². The van der Waals surface area contributed by atoms with Gasteiger partial charge >= 0.3 is 0 Å². The summed E-state index contributed by atoms with van der Waals surface area (Å²) in [4.78, 5) is 1.07. The first-order valence-corrected chi connectivity index (χ1v) is 3.96. The summed E-state index contributed by atoms with van der Waals surface area (Å²) in [5, 5.41) is 12.9. The number of hydrogen-bond acceptors (Lipinski definition) is 3. The molecule has 3 heteroatoms. The Balaban J connectivity index is 3.13. The van der Waals surface area contributed by atoms with Gasteiger partial charge in [-0.15, -0.1) is 11.8 Å². The van der Waals surface area contributed by atoms with Crippen LogP contribution in [0.5, 0.6) is 0 Å². The molecule has 2 N–H and O–H groups in total. The van der Waals surface area contributed by atoms with Gasteiger partial charge in [-0.25, -0.2) is 0 Å². The third-order valence-electron chi connectivity index (χ3n) is 0.942. The Bertz CT molecular complexity index is 114. The van der Waals surface area contributed by atoms with Crippen LogP contribution < -0.4 is 5.32 Å². The number of hydrogen-bond donors (Lipinski definition) is 2. The standard InChI is InChI=1S/C7H13NOS/c1-3-10-7(2)4-5-8-6-9/h3,8-9H,1-2,4-6H2. The maximum atomic E-state index is 8.34. The molecule has 0 aliphatic rings. The molecule has 0 saturated carbocycles. The molecule has 2 nitrogen and oxygen atoms in total. The average molecular weight is 159 g/mol. The Morgan fingerprint density at radius 3 is 2.90 bits per heavy atom. The van der Waals surface area contributed by atoms with Gasteiger partial charge in [0.05, 0.1) is 6.73 Å². The molecule has 0 amide bonds. The Kier molecular flexibility index (Phi) is 6.69. The van der Waals surface area contributed by atoms with Crippen molar-refractivity contribution in [2.24, 2.45) is 0 Å². The number of aliphatic hydroxyl groups excluding tert-OH is 1. The lowest BCUT2D eigenvalue weighted by molar-refractivity contribution is 0.262. The molecule has 58 valence electrons. The summed E-state index contributed by atoms with van der Waals surface area (Å²) in [5.74, 6) is 0. The molecule has 10 heavy (non-hydrogen) atoms. The summed E-state index contributed by atoms with van der Waals surface area (Å²) >= 11 is 1.53. The molecule has 0 saturated heterocycles. The first-order valence-electron chi connectivity index (χ1n) is 3.08. The fourth-order valence-corrected chi connectivity index (χ4v) is 0.939. The van der Waals surface area contributed by atoms with Crippen molar-refractivity contribution >= 4 is 11.8 Å². The molecule has 0 atom stereocenters. The van der Waals surface area contributed by atoms with Crippen molar-refractivity contribution in [3.63, 3.8) is 0 Å². The fraction of sp³-hybridized carbons (Fsp3) is 0.429. The molecule has 0 spiro atoms. The van der Waals surface area contributed by atoms with E-state index in [1.54, 1.807) is 5.41 Å². The smallest absolute Gasteiger partial charge is 0.0931 e. The number of aliphatic hydroxyl groups is 1. The van der Waals surface area contributed by atoms with Crippen molar-refractivity contribution < 1.29 is 5.11 Å². The van der Waals surface area contributed by atoms with Crippen molar-refractivity contribution in [3.05, 3.63) is 23.5 Å². The van der Waals surface area contributed by atoms with E-state index < -0.39 is 0 Å². The third-order valence-corrected chi connectivity index (χ3v) is 1.65. The SMILES string of the molecule is C=CSC(=C)CCNCO. The Morgan fingerprint density at radius 2 is 2.40 bits per heavy atom. The highest BCUT2D eigenvalue weighted by molar-refractivity contribution is 8.05. The van der Waals surface area contributed by atoms with E-state index in [4.69, 9.17) is 5.11 Å². The normalized spacial score (nSPS) is 9.30. The lowest BCUT2D eigenvalue weighted by atomic mass is 10.4. The van der Waals surface area contributed by atoms with Crippen LogP contribution >= 0.6 is 11.8 Å². The summed E-state index contributed by atoms with van der Waals surface area (Å²) in [5.41, 5.74) is 0. The highest BCUT2D eigenvalue weighted by Crippen LogP contribution is 2.15.